The molecule has 0 atom stereocenters. The number of hydrogen-bond donors (Lipinski definition) is 2. The Hall–Kier alpha value is -2.83. The summed E-state index contributed by atoms with van der Waals surface area (Å²) in [6, 6.07) is 9.51. The zero-order chi connectivity index (χ0) is 18.8. The minimum absolute atomic E-state index is 0.00670. The number of nitrogens with one attached hydrogen (secondary N) is 2. The van der Waals surface area contributed by atoms with Crippen molar-refractivity contribution in [3.05, 3.63) is 53.9 Å². The molecule has 2 rings (SSSR count). The van der Waals surface area contributed by atoms with Crippen LogP contribution in [0.1, 0.15) is 29.3 Å². The number of amides is 1. The van der Waals surface area contributed by atoms with Gasteiger partial charge in [-0.1, -0.05) is 12.1 Å². The third-order valence-electron chi connectivity index (χ3n) is 3.79. The molecule has 0 unspecified atom stereocenters. The van der Waals surface area contributed by atoms with Gasteiger partial charge in [0.05, 0.1) is 6.54 Å². The molecule has 1 aromatic carbocycles. The second kappa shape index (κ2) is 10.2. The normalized spacial score (nSPS) is 11.3. The number of carbonyl (C=O) groups excluding carboxylic acids is 1. The third-order valence-corrected chi connectivity index (χ3v) is 3.79. The van der Waals surface area contributed by atoms with Crippen LogP contribution in [0.15, 0.2) is 47.7 Å². The lowest BCUT2D eigenvalue weighted by Crippen LogP contribution is -2.38. The van der Waals surface area contributed by atoms with Crippen molar-refractivity contribution in [3.8, 4) is 0 Å². The minimum atomic E-state index is 0.00670. The highest BCUT2D eigenvalue weighted by molar-refractivity contribution is 5.93. The highest BCUT2D eigenvalue weighted by Crippen LogP contribution is 2.07. The largest absolute Gasteiger partial charge is 0.357 e. The van der Waals surface area contributed by atoms with Crippen LogP contribution in [0.3, 0.4) is 0 Å². The quantitative estimate of drug-likeness (QED) is 0.429. The van der Waals surface area contributed by atoms with Crippen molar-refractivity contribution < 1.29 is 4.79 Å². The van der Waals surface area contributed by atoms with Gasteiger partial charge in [0, 0.05) is 51.7 Å². The number of carbonyl (C=O) groups is 1. The predicted octanol–water partition coefficient (Wildman–Crippen LogP) is 1.73. The smallest absolute Gasteiger partial charge is 0.253 e. The van der Waals surface area contributed by atoms with Gasteiger partial charge in [0.15, 0.2) is 5.96 Å². The first-order valence-corrected chi connectivity index (χ1v) is 8.90. The molecule has 7 heteroatoms. The predicted molar refractivity (Wildman–Crippen MR) is 104 cm³/mol. The van der Waals surface area contributed by atoms with E-state index >= 15 is 0 Å². The molecule has 0 spiro atoms. The van der Waals surface area contributed by atoms with E-state index in [9.17, 15) is 4.79 Å². The van der Waals surface area contributed by atoms with Crippen molar-refractivity contribution in [3.63, 3.8) is 0 Å². The van der Waals surface area contributed by atoms with Crippen molar-refractivity contribution in [1.82, 2.24) is 25.3 Å². The van der Waals surface area contributed by atoms with Gasteiger partial charge in [-0.2, -0.15) is 5.10 Å². The SMILES string of the molecule is CCNC(=NCc1ccc(C(=O)N(C)C)cc1)NCCCn1cccn1. The molecule has 7 nitrogen and oxygen atoms in total. The fraction of sp³-hybridized carbons (Fsp3) is 0.421. The Kier molecular flexibility index (Phi) is 7.67. The maximum Gasteiger partial charge on any atom is 0.253 e. The Morgan fingerprint density at radius 3 is 2.62 bits per heavy atom. The lowest BCUT2D eigenvalue weighted by atomic mass is 10.1. The molecule has 1 amide bonds. The zero-order valence-electron chi connectivity index (χ0n) is 15.8. The Bertz CT molecular complexity index is 691. The van der Waals surface area contributed by atoms with Crippen LogP contribution < -0.4 is 10.6 Å². The van der Waals surface area contributed by atoms with Crippen LogP contribution in [0.5, 0.6) is 0 Å². The number of aliphatic imine (C=N–C) groups is 1. The summed E-state index contributed by atoms with van der Waals surface area (Å²) in [6.45, 7) is 5.11. The van der Waals surface area contributed by atoms with Crippen LogP contribution in [0.4, 0.5) is 0 Å². The first-order chi connectivity index (χ1) is 12.6. The summed E-state index contributed by atoms with van der Waals surface area (Å²) in [7, 11) is 3.50. The van der Waals surface area contributed by atoms with E-state index in [1.807, 2.05) is 48.1 Å². The summed E-state index contributed by atoms with van der Waals surface area (Å²) in [5.74, 6) is 0.800. The van der Waals surface area contributed by atoms with Crippen molar-refractivity contribution in [2.75, 3.05) is 27.2 Å². The van der Waals surface area contributed by atoms with Crippen LogP contribution in [0.25, 0.3) is 0 Å². The van der Waals surface area contributed by atoms with Gasteiger partial charge in [0.2, 0.25) is 0 Å². The molecule has 26 heavy (non-hydrogen) atoms. The number of aromatic nitrogens is 2. The highest BCUT2D eigenvalue weighted by Gasteiger charge is 2.07. The van der Waals surface area contributed by atoms with E-state index in [4.69, 9.17) is 0 Å². The van der Waals surface area contributed by atoms with Crippen LogP contribution >= 0.6 is 0 Å². The number of nitrogens with zero attached hydrogens (tertiary/aromatic N) is 4. The van der Waals surface area contributed by atoms with E-state index in [1.165, 1.54) is 0 Å². The van der Waals surface area contributed by atoms with Crippen molar-refractivity contribution in [2.24, 2.45) is 4.99 Å². The summed E-state index contributed by atoms with van der Waals surface area (Å²) >= 11 is 0. The molecular formula is C19H28N6O. The molecule has 0 radical (unpaired) electrons. The first-order valence-electron chi connectivity index (χ1n) is 8.90. The molecule has 0 aliphatic rings. The number of hydrogen-bond acceptors (Lipinski definition) is 3. The van der Waals surface area contributed by atoms with Crippen LogP contribution in [-0.4, -0.2) is 53.7 Å². The summed E-state index contributed by atoms with van der Waals surface area (Å²) in [6.07, 6.45) is 4.72. The molecule has 2 aromatic rings. The first kappa shape index (κ1) is 19.5. The Morgan fingerprint density at radius 1 is 1.23 bits per heavy atom. The van der Waals surface area contributed by atoms with Gasteiger partial charge in [0.25, 0.3) is 5.91 Å². The monoisotopic (exact) mass is 356 g/mol. The van der Waals surface area contributed by atoms with E-state index in [2.05, 4.69) is 20.7 Å². The molecule has 1 heterocycles. The number of aryl methyl sites for hydroxylation is 1. The third kappa shape index (κ3) is 6.23. The van der Waals surface area contributed by atoms with E-state index in [0.29, 0.717) is 12.1 Å². The molecule has 140 valence electrons. The van der Waals surface area contributed by atoms with Crippen LogP contribution in [0.2, 0.25) is 0 Å². The zero-order valence-corrected chi connectivity index (χ0v) is 15.8. The Balaban J connectivity index is 1.84. The number of rotatable bonds is 8. The van der Waals surface area contributed by atoms with E-state index in [0.717, 1.165) is 37.6 Å². The van der Waals surface area contributed by atoms with E-state index < -0.39 is 0 Å². The fourth-order valence-electron chi connectivity index (χ4n) is 2.40. The molecule has 0 saturated carbocycles. The molecular weight excluding hydrogens is 328 g/mol. The van der Waals surface area contributed by atoms with Gasteiger partial charge in [-0.15, -0.1) is 0 Å². The summed E-state index contributed by atoms with van der Waals surface area (Å²) in [4.78, 5) is 18.1. The van der Waals surface area contributed by atoms with Crippen molar-refractivity contribution in [1.29, 1.82) is 0 Å². The Labute approximate surface area is 155 Å². The second-order valence-corrected chi connectivity index (χ2v) is 6.14. The average molecular weight is 356 g/mol. The Morgan fingerprint density at radius 2 is 2.00 bits per heavy atom. The maximum atomic E-state index is 11.9. The van der Waals surface area contributed by atoms with Crippen molar-refractivity contribution >= 4 is 11.9 Å². The summed E-state index contributed by atoms with van der Waals surface area (Å²) in [5, 5.41) is 10.8. The van der Waals surface area contributed by atoms with Crippen LogP contribution in [-0.2, 0) is 13.1 Å². The van der Waals surface area contributed by atoms with E-state index in [1.54, 1.807) is 25.2 Å². The molecule has 2 N–H and O–H groups in total. The van der Waals surface area contributed by atoms with Gasteiger partial charge in [-0.05, 0) is 37.1 Å². The lowest BCUT2D eigenvalue weighted by Gasteiger charge is -2.12. The van der Waals surface area contributed by atoms with Gasteiger partial charge in [-0.3, -0.25) is 9.48 Å². The molecule has 0 aliphatic carbocycles. The lowest BCUT2D eigenvalue weighted by molar-refractivity contribution is 0.0827. The fourth-order valence-corrected chi connectivity index (χ4v) is 2.40. The summed E-state index contributed by atoms with van der Waals surface area (Å²) < 4.78 is 1.92. The summed E-state index contributed by atoms with van der Waals surface area (Å²) in [5.41, 5.74) is 1.75. The molecule has 0 aliphatic heterocycles. The maximum absolute atomic E-state index is 11.9. The van der Waals surface area contributed by atoms with Gasteiger partial charge < -0.3 is 15.5 Å². The molecule has 1 aromatic heterocycles. The standard InChI is InChI=1S/C19H28N6O/c1-4-20-19(21-11-5-13-25-14-6-12-23-25)22-15-16-7-9-17(10-8-16)18(26)24(2)3/h6-10,12,14H,4-5,11,13,15H2,1-3H3,(H2,20,21,22). The van der Waals surface area contributed by atoms with Gasteiger partial charge in [0.1, 0.15) is 0 Å². The highest BCUT2D eigenvalue weighted by atomic mass is 16.2. The van der Waals surface area contributed by atoms with Gasteiger partial charge >= 0.3 is 0 Å². The van der Waals surface area contributed by atoms with Crippen LogP contribution in [0, 0.1) is 0 Å². The van der Waals surface area contributed by atoms with Crippen molar-refractivity contribution in [2.45, 2.75) is 26.4 Å². The minimum Gasteiger partial charge on any atom is -0.357 e. The number of benzene rings is 1. The molecule has 0 bridgehead atoms. The second-order valence-electron chi connectivity index (χ2n) is 6.14. The number of guanidine groups is 1. The topological polar surface area (TPSA) is 74.6 Å². The molecule has 0 saturated heterocycles. The van der Waals surface area contributed by atoms with Gasteiger partial charge in [-0.25, -0.2) is 4.99 Å². The molecule has 0 fully saturated rings. The average Bonchev–Trinajstić information content (AvgIpc) is 3.16. The van der Waals surface area contributed by atoms with E-state index in [-0.39, 0.29) is 5.91 Å².